The Kier molecular flexibility index (Phi) is 5.08. The molecule has 0 radical (unpaired) electrons. The Morgan fingerprint density at radius 2 is 1.94 bits per heavy atom. The van der Waals surface area contributed by atoms with Crippen LogP contribution < -0.4 is 10.5 Å². The molecule has 0 aliphatic heterocycles. The van der Waals surface area contributed by atoms with Crippen LogP contribution in [0, 0.1) is 6.92 Å². The molecule has 0 spiro atoms. The monoisotopic (exact) mass is 257 g/mol. The van der Waals surface area contributed by atoms with Crippen LogP contribution in [0.4, 0.5) is 8.78 Å². The van der Waals surface area contributed by atoms with Gasteiger partial charge in [-0.25, -0.2) is 8.78 Å². The molecule has 0 amide bonds. The van der Waals surface area contributed by atoms with E-state index in [4.69, 9.17) is 10.5 Å². The van der Waals surface area contributed by atoms with Gasteiger partial charge in [-0.1, -0.05) is 11.6 Å². The maximum Gasteiger partial charge on any atom is 0.274 e. The van der Waals surface area contributed by atoms with E-state index in [1.807, 2.05) is 13.0 Å². The summed E-state index contributed by atoms with van der Waals surface area (Å²) in [5.74, 6) is -2.58. The molecule has 0 fully saturated rings. The quantitative estimate of drug-likeness (QED) is 0.793. The van der Waals surface area contributed by atoms with Gasteiger partial charge in [-0.2, -0.15) is 0 Å². The van der Waals surface area contributed by atoms with Gasteiger partial charge in [-0.3, -0.25) is 0 Å². The molecule has 0 unspecified atom stereocenters. The van der Waals surface area contributed by atoms with Crippen LogP contribution in [-0.2, 0) is 12.3 Å². The second-order valence-electron chi connectivity index (χ2n) is 4.64. The molecule has 0 atom stereocenters. The van der Waals surface area contributed by atoms with E-state index in [0.29, 0.717) is 18.7 Å². The number of aryl methyl sites for hydroxylation is 2. The number of hydrogen-bond acceptors (Lipinski definition) is 2. The van der Waals surface area contributed by atoms with E-state index in [2.05, 4.69) is 0 Å². The molecule has 0 saturated carbocycles. The molecule has 1 aromatic carbocycles. The molecule has 1 aromatic rings. The molecule has 0 aliphatic carbocycles. The van der Waals surface area contributed by atoms with E-state index in [1.54, 1.807) is 0 Å². The first-order chi connectivity index (χ1) is 8.40. The third kappa shape index (κ3) is 3.67. The molecular weight excluding hydrogens is 236 g/mol. The summed E-state index contributed by atoms with van der Waals surface area (Å²) < 4.78 is 32.3. The topological polar surface area (TPSA) is 35.2 Å². The molecule has 0 saturated heterocycles. The van der Waals surface area contributed by atoms with Crippen LogP contribution in [-0.4, -0.2) is 13.7 Å². The molecule has 0 aromatic heterocycles. The summed E-state index contributed by atoms with van der Waals surface area (Å²) in [5, 5.41) is 0. The van der Waals surface area contributed by atoms with Crippen molar-refractivity contribution in [2.75, 3.05) is 13.7 Å². The minimum absolute atomic E-state index is 0.0345. The van der Waals surface area contributed by atoms with Crippen LogP contribution in [0.3, 0.4) is 0 Å². The van der Waals surface area contributed by atoms with E-state index in [1.165, 1.54) is 13.2 Å². The summed E-state index contributed by atoms with van der Waals surface area (Å²) in [4.78, 5) is 0. The predicted octanol–water partition coefficient (Wildman–Crippen LogP) is 3.40. The largest absolute Gasteiger partial charge is 0.496 e. The van der Waals surface area contributed by atoms with Crippen molar-refractivity contribution in [1.29, 1.82) is 0 Å². The van der Waals surface area contributed by atoms with Gasteiger partial charge in [0.1, 0.15) is 5.75 Å². The number of unbranched alkanes of at least 4 members (excludes halogenated alkanes) is 1. The predicted molar refractivity (Wildman–Crippen MR) is 69.3 cm³/mol. The van der Waals surface area contributed by atoms with E-state index in [0.717, 1.165) is 30.9 Å². The van der Waals surface area contributed by atoms with Crippen LogP contribution in [0.1, 0.15) is 36.5 Å². The summed E-state index contributed by atoms with van der Waals surface area (Å²) in [7, 11) is 1.44. The van der Waals surface area contributed by atoms with Crippen molar-refractivity contribution in [3.8, 4) is 5.75 Å². The maximum absolute atomic E-state index is 13.6. The zero-order valence-electron chi connectivity index (χ0n) is 11.2. The average molecular weight is 257 g/mol. The minimum atomic E-state index is -2.89. The molecule has 102 valence electrons. The number of halogens is 2. The smallest absolute Gasteiger partial charge is 0.274 e. The molecule has 2 nitrogen and oxygen atoms in total. The van der Waals surface area contributed by atoms with Crippen molar-refractivity contribution in [2.45, 2.75) is 39.0 Å². The second-order valence-corrected chi connectivity index (χ2v) is 4.64. The molecule has 4 heteroatoms. The zero-order chi connectivity index (χ0) is 13.8. The number of rotatable bonds is 6. The van der Waals surface area contributed by atoms with E-state index >= 15 is 0 Å². The van der Waals surface area contributed by atoms with Crippen molar-refractivity contribution in [1.82, 2.24) is 0 Å². The van der Waals surface area contributed by atoms with Gasteiger partial charge < -0.3 is 10.5 Å². The van der Waals surface area contributed by atoms with Gasteiger partial charge in [0.2, 0.25) is 0 Å². The highest BCUT2D eigenvalue weighted by molar-refractivity contribution is 5.46. The van der Waals surface area contributed by atoms with Crippen LogP contribution in [0.15, 0.2) is 12.1 Å². The van der Waals surface area contributed by atoms with Crippen LogP contribution in [0.25, 0.3) is 0 Å². The molecule has 2 N–H and O–H groups in total. The van der Waals surface area contributed by atoms with E-state index in [9.17, 15) is 8.78 Å². The third-order valence-corrected chi connectivity index (χ3v) is 2.89. The second kappa shape index (κ2) is 6.14. The summed E-state index contributed by atoms with van der Waals surface area (Å²) in [6.07, 6.45) is 2.48. The lowest BCUT2D eigenvalue weighted by molar-refractivity contribution is 0.0149. The Bertz CT molecular complexity index is 400. The number of methoxy groups -OCH3 is 1. The first-order valence-electron chi connectivity index (χ1n) is 6.16. The summed E-state index contributed by atoms with van der Waals surface area (Å²) in [6.45, 7) is 3.33. The van der Waals surface area contributed by atoms with Crippen molar-refractivity contribution in [3.63, 3.8) is 0 Å². The molecule has 0 bridgehead atoms. The lowest BCUT2D eigenvalue weighted by atomic mass is 9.97. The number of alkyl halides is 2. The molecular formula is C14H21F2NO. The Morgan fingerprint density at radius 3 is 2.44 bits per heavy atom. The minimum Gasteiger partial charge on any atom is -0.496 e. The Morgan fingerprint density at radius 1 is 1.28 bits per heavy atom. The number of ether oxygens (including phenoxy) is 1. The highest BCUT2D eigenvalue weighted by atomic mass is 19.3. The van der Waals surface area contributed by atoms with Gasteiger partial charge in [0.25, 0.3) is 5.92 Å². The Labute approximate surface area is 107 Å². The van der Waals surface area contributed by atoms with Gasteiger partial charge >= 0.3 is 0 Å². The van der Waals surface area contributed by atoms with Crippen LogP contribution in [0.5, 0.6) is 5.75 Å². The van der Waals surface area contributed by atoms with Crippen LogP contribution in [0.2, 0.25) is 0 Å². The first kappa shape index (κ1) is 14.9. The standard InChI is InChI=1S/C14H21F2NO/c1-10-8-11(6-4-5-7-17)13(18-3)12(9-10)14(2,15)16/h8-9H,4-7,17H2,1-3H3. The van der Waals surface area contributed by atoms with Gasteiger partial charge in [0.15, 0.2) is 0 Å². The number of hydrogen-bond donors (Lipinski definition) is 1. The van der Waals surface area contributed by atoms with Crippen LogP contribution >= 0.6 is 0 Å². The molecule has 18 heavy (non-hydrogen) atoms. The highest BCUT2D eigenvalue weighted by Crippen LogP contribution is 2.38. The lowest BCUT2D eigenvalue weighted by Crippen LogP contribution is -2.11. The molecule has 1 rings (SSSR count). The fraction of sp³-hybridized carbons (Fsp3) is 0.571. The van der Waals surface area contributed by atoms with Crippen molar-refractivity contribution < 1.29 is 13.5 Å². The normalized spacial score (nSPS) is 11.7. The zero-order valence-corrected chi connectivity index (χ0v) is 11.2. The molecule has 0 heterocycles. The lowest BCUT2D eigenvalue weighted by Gasteiger charge is -2.19. The molecule has 0 aliphatic rings. The van der Waals surface area contributed by atoms with Gasteiger partial charge in [-0.05, 0) is 44.4 Å². The SMILES string of the molecule is COc1c(CCCCN)cc(C)cc1C(C)(F)F. The highest BCUT2D eigenvalue weighted by Gasteiger charge is 2.30. The Hall–Kier alpha value is -1.16. The van der Waals surface area contributed by atoms with E-state index < -0.39 is 5.92 Å². The summed E-state index contributed by atoms with van der Waals surface area (Å²) in [5.41, 5.74) is 7.07. The Balaban J connectivity index is 3.12. The fourth-order valence-corrected chi connectivity index (χ4v) is 2.06. The fourth-order valence-electron chi connectivity index (χ4n) is 2.06. The van der Waals surface area contributed by atoms with Crippen molar-refractivity contribution in [2.24, 2.45) is 5.73 Å². The number of benzene rings is 1. The van der Waals surface area contributed by atoms with Gasteiger partial charge in [0, 0.05) is 6.92 Å². The average Bonchev–Trinajstić information content (AvgIpc) is 2.27. The van der Waals surface area contributed by atoms with Crippen molar-refractivity contribution in [3.05, 3.63) is 28.8 Å². The van der Waals surface area contributed by atoms with Gasteiger partial charge in [0.05, 0.1) is 12.7 Å². The first-order valence-corrected chi connectivity index (χ1v) is 6.16. The maximum atomic E-state index is 13.6. The van der Waals surface area contributed by atoms with Crippen molar-refractivity contribution >= 4 is 0 Å². The van der Waals surface area contributed by atoms with E-state index in [-0.39, 0.29) is 5.56 Å². The third-order valence-electron chi connectivity index (χ3n) is 2.89. The van der Waals surface area contributed by atoms with Gasteiger partial charge in [-0.15, -0.1) is 0 Å². The summed E-state index contributed by atoms with van der Waals surface area (Å²) >= 11 is 0. The number of nitrogens with two attached hydrogens (primary N) is 1. The summed E-state index contributed by atoms with van der Waals surface area (Å²) in [6, 6.07) is 3.40.